The van der Waals surface area contributed by atoms with E-state index in [2.05, 4.69) is 24.2 Å². The van der Waals surface area contributed by atoms with Gasteiger partial charge in [0, 0.05) is 31.7 Å². The molecule has 2 aromatic carbocycles. The number of ether oxygens (including phenoxy) is 1. The predicted octanol–water partition coefficient (Wildman–Crippen LogP) is 5.36. The molecule has 1 aliphatic rings. The Hall–Kier alpha value is -3.24. The first-order valence-corrected chi connectivity index (χ1v) is 15.0. The highest BCUT2D eigenvalue weighted by molar-refractivity contribution is 7.89. The summed E-state index contributed by atoms with van der Waals surface area (Å²) < 4.78 is 35.6. The number of aliphatic carboxylic acids is 1. The molecular weight excluding hydrogens is 516 g/mol. The second kappa shape index (κ2) is 13.7. The van der Waals surface area contributed by atoms with E-state index < -0.39 is 16.0 Å². The number of hydrogen-bond acceptors (Lipinski definition) is 6. The highest BCUT2D eigenvalue weighted by atomic mass is 32.2. The van der Waals surface area contributed by atoms with Crippen LogP contribution in [0, 0.1) is 6.92 Å². The van der Waals surface area contributed by atoms with Gasteiger partial charge in [-0.25, -0.2) is 8.42 Å². The lowest BCUT2D eigenvalue weighted by Gasteiger charge is -2.23. The first kappa shape index (κ1) is 30.3. The molecule has 0 saturated carbocycles. The maximum absolute atomic E-state index is 13.4. The number of fused-ring (bicyclic) bond motifs is 1. The molecule has 2 atom stereocenters. The lowest BCUT2D eigenvalue weighted by atomic mass is 9.85. The van der Waals surface area contributed by atoms with Crippen molar-refractivity contribution in [1.82, 2.24) is 19.3 Å². The zero-order valence-corrected chi connectivity index (χ0v) is 24.3. The lowest BCUT2D eigenvalue weighted by molar-refractivity contribution is -0.137. The molecule has 39 heavy (non-hydrogen) atoms. The average Bonchev–Trinajstić information content (AvgIpc) is 3.34. The third kappa shape index (κ3) is 7.67. The Labute approximate surface area is 231 Å². The largest absolute Gasteiger partial charge is 0.491 e. The van der Waals surface area contributed by atoms with E-state index in [1.165, 1.54) is 10.7 Å². The van der Waals surface area contributed by atoms with Crippen molar-refractivity contribution in [3.63, 3.8) is 0 Å². The van der Waals surface area contributed by atoms with E-state index in [4.69, 9.17) is 4.74 Å². The van der Waals surface area contributed by atoms with Gasteiger partial charge in [0.25, 0.3) is 0 Å². The third-order valence-electron chi connectivity index (χ3n) is 6.70. The van der Waals surface area contributed by atoms with Crippen LogP contribution in [0.5, 0.6) is 5.75 Å². The van der Waals surface area contributed by atoms with E-state index in [0.717, 1.165) is 22.4 Å². The Kier molecular flexibility index (Phi) is 10.7. The number of aryl methyl sites for hydroxylation is 2. The maximum atomic E-state index is 13.4. The van der Waals surface area contributed by atoms with E-state index in [-0.39, 0.29) is 42.8 Å². The minimum atomic E-state index is -3.74. The molecule has 1 aliphatic heterocycles. The Morgan fingerprint density at radius 3 is 2.54 bits per heavy atom. The number of carboxylic acid groups (broad SMARTS) is 1. The van der Waals surface area contributed by atoms with Gasteiger partial charge in [0.1, 0.15) is 17.3 Å². The fourth-order valence-electron chi connectivity index (χ4n) is 4.56. The van der Waals surface area contributed by atoms with Crippen molar-refractivity contribution in [2.24, 2.45) is 0 Å². The van der Waals surface area contributed by atoms with E-state index in [9.17, 15) is 18.3 Å². The molecule has 10 heteroatoms. The molecule has 0 radical (unpaired) electrons. The van der Waals surface area contributed by atoms with Crippen LogP contribution in [0.1, 0.15) is 81.2 Å². The number of carboxylic acids is 1. The molecule has 0 spiro atoms. The van der Waals surface area contributed by atoms with Crippen molar-refractivity contribution in [3.05, 3.63) is 71.0 Å². The van der Waals surface area contributed by atoms with E-state index in [1.807, 2.05) is 45.2 Å². The van der Waals surface area contributed by atoms with Crippen molar-refractivity contribution in [2.45, 2.75) is 83.7 Å². The van der Waals surface area contributed by atoms with Gasteiger partial charge in [-0.05, 0) is 55.0 Å². The average molecular weight is 557 g/mol. The molecule has 4 rings (SSSR count). The van der Waals surface area contributed by atoms with Crippen LogP contribution in [0.4, 0.5) is 0 Å². The summed E-state index contributed by atoms with van der Waals surface area (Å²) in [5.41, 5.74) is 3.49. The van der Waals surface area contributed by atoms with Crippen LogP contribution in [0.25, 0.3) is 0 Å². The second-order valence-corrected chi connectivity index (χ2v) is 11.9. The van der Waals surface area contributed by atoms with E-state index in [1.54, 1.807) is 28.9 Å². The molecule has 1 N–H and O–H groups in total. The van der Waals surface area contributed by atoms with Gasteiger partial charge in [0.15, 0.2) is 0 Å². The summed E-state index contributed by atoms with van der Waals surface area (Å²) in [7, 11) is -3.74. The molecule has 9 nitrogen and oxygen atoms in total. The van der Waals surface area contributed by atoms with Crippen molar-refractivity contribution in [2.75, 3.05) is 13.2 Å². The molecule has 0 saturated heterocycles. The minimum absolute atomic E-state index is 0.0130. The molecule has 2 heterocycles. The standard InChI is InChI=1S/C26H32N4O5S.C3H8/c1-4-29-17-23(27-28-29)19(3)13-21(15-26(31)32)20-10-9-18(2)22(14-20)16-30-11-12-35-24-7-5-6-8-25(24)36(30,33)34;1-3-2/h5-10,14,17,19,21H,4,11-13,15-16H2,1-3H3,(H,31,32);3H2,1-2H3. The highest BCUT2D eigenvalue weighted by Crippen LogP contribution is 2.34. The van der Waals surface area contributed by atoms with Gasteiger partial charge in [-0.2, -0.15) is 4.31 Å². The zero-order valence-electron chi connectivity index (χ0n) is 23.5. The Bertz CT molecular complexity index is 1360. The molecule has 3 aromatic rings. The normalized spacial score (nSPS) is 16.1. The molecule has 0 aliphatic carbocycles. The van der Waals surface area contributed by atoms with Crippen LogP contribution >= 0.6 is 0 Å². The van der Waals surface area contributed by atoms with Crippen molar-refractivity contribution >= 4 is 16.0 Å². The van der Waals surface area contributed by atoms with Crippen molar-refractivity contribution in [1.29, 1.82) is 0 Å². The first-order chi connectivity index (χ1) is 18.6. The number of nitrogens with zero attached hydrogens (tertiary/aromatic N) is 4. The zero-order chi connectivity index (χ0) is 28.6. The molecule has 0 amide bonds. The Balaban J connectivity index is 0.00000134. The number of para-hydroxylation sites is 1. The molecule has 0 bridgehead atoms. The number of rotatable bonds is 9. The van der Waals surface area contributed by atoms with Gasteiger partial charge in [-0.1, -0.05) is 62.7 Å². The molecular formula is C29H40N4O5S. The summed E-state index contributed by atoms with van der Waals surface area (Å²) in [4.78, 5) is 11.9. The fourth-order valence-corrected chi connectivity index (χ4v) is 6.09. The summed E-state index contributed by atoms with van der Waals surface area (Å²) in [5.74, 6) is -0.760. The van der Waals surface area contributed by atoms with Crippen molar-refractivity contribution in [3.8, 4) is 5.75 Å². The SMILES string of the molecule is CCC.CCn1cc(C(C)CC(CC(=O)O)c2ccc(C)c(CN3CCOc4ccccc4S3(=O)=O)c2)nn1. The van der Waals surface area contributed by atoms with Crippen molar-refractivity contribution < 1.29 is 23.1 Å². The summed E-state index contributed by atoms with van der Waals surface area (Å²) in [5, 5.41) is 18.0. The Morgan fingerprint density at radius 1 is 1.15 bits per heavy atom. The van der Waals surface area contributed by atoms with Gasteiger partial charge < -0.3 is 9.84 Å². The van der Waals surface area contributed by atoms with E-state index >= 15 is 0 Å². The van der Waals surface area contributed by atoms with Crippen LogP contribution < -0.4 is 4.74 Å². The van der Waals surface area contributed by atoms with Crippen LogP contribution in [-0.2, 0) is 27.9 Å². The number of sulfonamides is 1. The second-order valence-electron chi connectivity index (χ2n) is 9.96. The van der Waals surface area contributed by atoms with Crippen LogP contribution in [-0.4, -0.2) is 51.9 Å². The number of carbonyl (C=O) groups is 1. The first-order valence-electron chi connectivity index (χ1n) is 13.5. The van der Waals surface area contributed by atoms with Crippen LogP contribution in [0.2, 0.25) is 0 Å². The van der Waals surface area contributed by atoms with E-state index in [0.29, 0.717) is 18.7 Å². The molecule has 212 valence electrons. The molecule has 1 aromatic heterocycles. The highest BCUT2D eigenvalue weighted by Gasteiger charge is 2.31. The number of aromatic nitrogens is 3. The maximum Gasteiger partial charge on any atom is 0.303 e. The van der Waals surface area contributed by atoms with Gasteiger partial charge >= 0.3 is 5.97 Å². The van der Waals surface area contributed by atoms with Crippen LogP contribution in [0.15, 0.2) is 53.6 Å². The smallest absolute Gasteiger partial charge is 0.303 e. The van der Waals surface area contributed by atoms with Gasteiger partial charge in [-0.3, -0.25) is 9.48 Å². The summed E-state index contributed by atoms with van der Waals surface area (Å²) in [6.45, 7) is 11.6. The fraction of sp³-hybridized carbons (Fsp3) is 0.483. The molecule has 0 fully saturated rings. The minimum Gasteiger partial charge on any atom is -0.491 e. The van der Waals surface area contributed by atoms with Gasteiger partial charge in [0.05, 0.1) is 12.1 Å². The number of benzene rings is 2. The van der Waals surface area contributed by atoms with Gasteiger partial charge in [-0.15, -0.1) is 5.10 Å². The summed E-state index contributed by atoms with van der Waals surface area (Å²) in [6.07, 6.45) is 3.70. The topological polar surface area (TPSA) is 115 Å². The Morgan fingerprint density at radius 2 is 1.87 bits per heavy atom. The quantitative estimate of drug-likeness (QED) is 0.377. The van der Waals surface area contributed by atoms with Crippen LogP contribution in [0.3, 0.4) is 0 Å². The summed E-state index contributed by atoms with van der Waals surface area (Å²) in [6, 6.07) is 12.5. The number of hydrogen-bond donors (Lipinski definition) is 1. The molecule has 2 unspecified atom stereocenters. The third-order valence-corrected chi connectivity index (χ3v) is 8.59. The van der Waals surface area contributed by atoms with Gasteiger partial charge in [0.2, 0.25) is 10.0 Å². The summed E-state index contributed by atoms with van der Waals surface area (Å²) >= 11 is 0. The lowest BCUT2D eigenvalue weighted by Crippen LogP contribution is -2.32. The predicted molar refractivity (Wildman–Crippen MR) is 150 cm³/mol. The monoisotopic (exact) mass is 556 g/mol.